The summed E-state index contributed by atoms with van der Waals surface area (Å²) in [5.74, 6) is -1.42. The molecule has 564 valence electrons. The molecular formula is C76H148O17P2. The van der Waals surface area contributed by atoms with Gasteiger partial charge in [0.1, 0.15) is 19.3 Å². The van der Waals surface area contributed by atoms with Crippen LogP contribution in [-0.4, -0.2) is 96.7 Å². The molecule has 19 heteroatoms. The number of unbranched alkanes of at least 4 members (excludes halogenated alkanes) is 48. The van der Waals surface area contributed by atoms with Gasteiger partial charge < -0.3 is 33.8 Å². The number of hydrogen-bond acceptors (Lipinski definition) is 15. The number of ether oxygens (including phenoxy) is 4. The minimum atomic E-state index is -4.96. The lowest BCUT2D eigenvalue weighted by Gasteiger charge is -2.21. The van der Waals surface area contributed by atoms with E-state index in [0.29, 0.717) is 31.6 Å². The van der Waals surface area contributed by atoms with Crippen molar-refractivity contribution in [3.05, 3.63) is 0 Å². The minimum Gasteiger partial charge on any atom is -0.462 e. The van der Waals surface area contributed by atoms with Gasteiger partial charge in [0.25, 0.3) is 0 Å². The number of esters is 4. The van der Waals surface area contributed by atoms with Crippen LogP contribution < -0.4 is 0 Å². The van der Waals surface area contributed by atoms with Gasteiger partial charge in [0.05, 0.1) is 26.4 Å². The third-order valence-electron chi connectivity index (χ3n) is 17.8. The lowest BCUT2D eigenvalue weighted by Crippen LogP contribution is -2.30. The van der Waals surface area contributed by atoms with Crippen LogP contribution in [0.25, 0.3) is 0 Å². The summed E-state index contributed by atoms with van der Waals surface area (Å²) < 4.78 is 68.4. The number of rotatable bonds is 76. The third-order valence-corrected chi connectivity index (χ3v) is 19.7. The van der Waals surface area contributed by atoms with Crippen molar-refractivity contribution in [3.8, 4) is 0 Å². The molecule has 95 heavy (non-hydrogen) atoms. The van der Waals surface area contributed by atoms with Crippen molar-refractivity contribution < 1.29 is 80.2 Å². The van der Waals surface area contributed by atoms with Crippen molar-refractivity contribution in [2.24, 2.45) is 5.92 Å². The Bertz CT molecular complexity index is 1820. The summed E-state index contributed by atoms with van der Waals surface area (Å²) in [5, 5.41) is 10.6. The van der Waals surface area contributed by atoms with Crippen LogP contribution in [0.4, 0.5) is 0 Å². The molecule has 0 heterocycles. The largest absolute Gasteiger partial charge is 0.472 e. The fraction of sp³-hybridized carbons (Fsp3) is 0.947. The number of aliphatic hydroxyl groups excluding tert-OH is 1. The highest BCUT2D eigenvalue weighted by Crippen LogP contribution is 2.45. The van der Waals surface area contributed by atoms with E-state index in [2.05, 4.69) is 34.6 Å². The summed E-state index contributed by atoms with van der Waals surface area (Å²) in [6.45, 7) is 7.19. The molecule has 0 fully saturated rings. The Labute approximate surface area is 581 Å². The molecule has 0 spiro atoms. The Balaban J connectivity index is 5.15. The first-order chi connectivity index (χ1) is 46.0. The lowest BCUT2D eigenvalue weighted by atomic mass is 10.0. The van der Waals surface area contributed by atoms with Gasteiger partial charge in [-0.2, -0.15) is 0 Å². The highest BCUT2D eigenvalue weighted by Gasteiger charge is 2.30. The molecule has 2 unspecified atom stereocenters. The summed E-state index contributed by atoms with van der Waals surface area (Å²) in [5.41, 5.74) is 0. The van der Waals surface area contributed by atoms with Gasteiger partial charge in [-0.3, -0.25) is 37.3 Å². The first-order valence-electron chi connectivity index (χ1n) is 39.6. The van der Waals surface area contributed by atoms with E-state index in [1.807, 2.05) is 0 Å². The van der Waals surface area contributed by atoms with E-state index in [4.69, 9.17) is 37.0 Å². The van der Waals surface area contributed by atoms with E-state index >= 15 is 0 Å². The standard InChI is InChI=1S/C76H148O17P2/c1-6-9-12-15-18-21-23-25-27-28-29-30-31-32-33-35-37-39-41-46-51-56-61-75(80)92-71(66-87-74(79)60-55-50-45-40-38-36-34-26-24-22-19-16-13-10-7-2)67-90-94(82,83)88-63-70(77)64-89-95(84,85)91-68-72(65-86-73(78)59-54-49-44-20-17-14-11-8-3)93-76(81)62-57-52-47-42-43-48-53-58-69(4)5/h69-72,77H,6-68H2,1-5H3,(H,82,83)(H,84,85)/t70-,71-,72-/m1/s1. The van der Waals surface area contributed by atoms with Crippen LogP contribution in [0.15, 0.2) is 0 Å². The second kappa shape index (κ2) is 69.2. The van der Waals surface area contributed by atoms with E-state index < -0.39 is 97.5 Å². The van der Waals surface area contributed by atoms with Crippen molar-refractivity contribution in [2.75, 3.05) is 39.6 Å². The van der Waals surface area contributed by atoms with Crippen LogP contribution >= 0.6 is 15.6 Å². The summed E-state index contributed by atoms with van der Waals surface area (Å²) in [4.78, 5) is 72.6. The fourth-order valence-corrected chi connectivity index (χ4v) is 13.3. The smallest absolute Gasteiger partial charge is 0.462 e. The van der Waals surface area contributed by atoms with Gasteiger partial charge in [-0.15, -0.1) is 0 Å². The molecule has 0 bridgehead atoms. The first-order valence-corrected chi connectivity index (χ1v) is 42.6. The summed E-state index contributed by atoms with van der Waals surface area (Å²) in [6.07, 6.45) is 58.6. The Kier molecular flexibility index (Phi) is 67.7. The van der Waals surface area contributed by atoms with Crippen molar-refractivity contribution in [1.82, 2.24) is 0 Å². The van der Waals surface area contributed by atoms with Crippen LogP contribution in [0.2, 0.25) is 0 Å². The Hall–Kier alpha value is -1.94. The maximum absolute atomic E-state index is 13.1. The van der Waals surface area contributed by atoms with E-state index in [9.17, 15) is 43.2 Å². The minimum absolute atomic E-state index is 0.104. The second-order valence-corrected chi connectivity index (χ2v) is 30.8. The molecule has 0 saturated carbocycles. The maximum Gasteiger partial charge on any atom is 0.472 e. The number of phosphoric acid groups is 2. The van der Waals surface area contributed by atoms with E-state index in [1.165, 1.54) is 218 Å². The molecule has 0 rings (SSSR count). The molecule has 0 aromatic heterocycles. The monoisotopic (exact) mass is 1400 g/mol. The SMILES string of the molecule is CCCCCCCCCCCCCCCCCCCCCCCCC(=O)O[C@H](COC(=O)CCCCCCCCCCCCCCCCC)COP(=O)(O)OC[C@@H](O)COP(=O)(O)OC[C@@H](COC(=O)CCCCCCCCCC)OC(=O)CCCCCCCCCC(C)C. The van der Waals surface area contributed by atoms with Crippen LogP contribution in [0.3, 0.4) is 0 Å². The highest BCUT2D eigenvalue weighted by molar-refractivity contribution is 7.47. The normalized spacial score (nSPS) is 13.9. The molecule has 0 aliphatic carbocycles. The van der Waals surface area contributed by atoms with Crippen molar-refractivity contribution in [2.45, 2.75) is 419 Å². The average Bonchev–Trinajstić information content (AvgIpc) is 2.55. The predicted octanol–water partition coefficient (Wildman–Crippen LogP) is 22.5. The van der Waals surface area contributed by atoms with Gasteiger partial charge in [0.2, 0.25) is 0 Å². The first kappa shape index (κ1) is 93.1. The molecule has 3 N–H and O–H groups in total. The molecule has 0 aromatic rings. The van der Waals surface area contributed by atoms with Gasteiger partial charge >= 0.3 is 39.5 Å². The van der Waals surface area contributed by atoms with E-state index in [0.717, 1.165) is 96.3 Å². The maximum atomic E-state index is 13.1. The Morgan fingerprint density at radius 1 is 0.284 bits per heavy atom. The molecular weight excluding hydrogens is 1250 g/mol. The fourth-order valence-electron chi connectivity index (χ4n) is 11.7. The molecule has 5 atom stereocenters. The number of carbonyl (C=O) groups is 4. The molecule has 0 radical (unpaired) electrons. The summed E-state index contributed by atoms with van der Waals surface area (Å²) in [6, 6.07) is 0. The van der Waals surface area contributed by atoms with E-state index in [1.54, 1.807) is 0 Å². The van der Waals surface area contributed by atoms with Crippen molar-refractivity contribution in [1.29, 1.82) is 0 Å². The zero-order chi connectivity index (χ0) is 69.8. The third kappa shape index (κ3) is 70.3. The van der Waals surface area contributed by atoms with Crippen molar-refractivity contribution >= 4 is 39.5 Å². The number of carbonyl (C=O) groups excluding carboxylic acids is 4. The lowest BCUT2D eigenvalue weighted by molar-refractivity contribution is -0.161. The zero-order valence-electron chi connectivity index (χ0n) is 61.8. The summed E-state index contributed by atoms with van der Waals surface area (Å²) >= 11 is 0. The van der Waals surface area contributed by atoms with Crippen molar-refractivity contribution in [3.63, 3.8) is 0 Å². The molecule has 0 aromatic carbocycles. The van der Waals surface area contributed by atoms with Crippen LogP contribution in [-0.2, 0) is 65.4 Å². The van der Waals surface area contributed by atoms with Gasteiger partial charge in [0, 0.05) is 25.7 Å². The highest BCUT2D eigenvalue weighted by atomic mass is 31.2. The van der Waals surface area contributed by atoms with Gasteiger partial charge in [-0.05, 0) is 31.6 Å². The van der Waals surface area contributed by atoms with E-state index in [-0.39, 0.29) is 25.7 Å². The van der Waals surface area contributed by atoms with Crippen LogP contribution in [0.1, 0.15) is 401 Å². The number of hydrogen-bond donors (Lipinski definition) is 3. The van der Waals surface area contributed by atoms with Crippen LogP contribution in [0.5, 0.6) is 0 Å². The molecule has 0 amide bonds. The number of aliphatic hydroxyl groups is 1. The number of phosphoric ester groups is 2. The van der Waals surface area contributed by atoms with Gasteiger partial charge in [-0.1, -0.05) is 349 Å². The Morgan fingerprint density at radius 3 is 0.716 bits per heavy atom. The molecule has 0 aliphatic heterocycles. The zero-order valence-corrected chi connectivity index (χ0v) is 63.6. The summed E-state index contributed by atoms with van der Waals surface area (Å²) in [7, 11) is -9.90. The Morgan fingerprint density at radius 2 is 0.484 bits per heavy atom. The molecule has 0 aliphatic rings. The topological polar surface area (TPSA) is 237 Å². The predicted molar refractivity (Wildman–Crippen MR) is 386 cm³/mol. The van der Waals surface area contributed by atoms with Gasteiger partial charge in [0.15, 0.2) is 12.2 Å². The van der Waals surface area contributed by atoms with Crippen LogP contribution in [0, 0.1) is 5.92 Å². The quantitative estimate of drug-likeness (QED) is 0.0222. The molecule has 17 nitrogen and oxygen atoms in total. The molecule has 0 saturated heterocycles. The second-order valence-electron chi connectivity index (χ2n) is 27.9. The average molecular weight is 1400 g/mol. The van der Waals surface area contributed by atoms with Gasteiger partial charge in [-0.25, -0.2) is 9.13 Å².